The van der Waals surface area contributed by atoms with Crippen LogP contribution in [0.4, 0.5) is 5.69 Å². The molecule has 4 saturated carbocycles. The molecule has 1 aromatic rings. The predicted octanol–water partition coefficient (Wildman–Crippen LogP) is 2.52. The van der Waals surface area contributed by atoms with Crippen LogP contribution in [-0.2, 0) is 11.3 Å². The molecule has 0 saturated heterocycles. The lowest BCUT2D eigenvalue weighted by Crippen LogP contribution is -2.51. The summed E-state index contributed by atoms with van der Waals surface area (Å²) in [5.41, 5.74) is 0.138. The van der Waals surface area contributed by atoms with Crippen LogP contribution in [0.2, 0.25) is 0 Å². The maximum absolute atomic E-state index is 12.3. The van der Waals surface area contributed by atoms with Gasteiger partial charge in [0, 0.05) is 13.0 Å². The lowest BCUT2D eigenvalue weighted by Gasteiger charge is -2.56. The number of nitrogens with zero attached hydrogens (tertiary/aromatic N) is 3. The van der Waals surface area contributed by atoms with E-state index >= 15 is 0 Å². The molecule has 0 atom stereocenters. The van der Waals surface area contributed by atoms with Crippen molar-refractivity contribution >= 4 is 11.6 Å². The molecule has 1 aromatic heterocycles. The molecule has 8 heteroatoms. The molecule has 0 aliphatic heterocycles. The molecule has 0 spiro atoms. The van der Waals surface area contributed by atoms with Crippen molar-refractivity contribution in [3.05, 3.63) is 16.3 Å². The number of rotatable bonds is 7. The number of nitro groups is 1. The van der Waals surface area contributed by atoms with Gasteiger partial charge in [-0.25, -0.2) is 0 Å². The molecular formula is C18H26N4O4. The second-order valence-corrected chi connectivity index (χ2v) is 8.49. The fraction of sp³-hybridized carbons (Fsp3) is 0.778. The van der Waals surface area contributed by atoms with E-state index in [1.54, 1.807) is 0 Å². The van der Waals surface area contributed by atoms with Gasteiger partial charge in [-0.05, 0) is 61.7 Å². The van der Waals surface area contributed by atoms with Gasteiger partial charge in [0.05, 0.1) is 18.6 Å². The third-order valence-electron chi connectivity index (χ3n) is 6.49. The Morgan fingerprint density at radius 1 is 1.35 bits per heavy atom. The molecule has 1 heterocycles. The van der Waals surface area contributed by atoms with Crippen LogP contribution in [0.1, 0.15) is 44.9 Å². The molecule has 4 aliphatic rings. The molecule has 1 amide bonds. The van der Waals surface area contributed by atoms with Gasteiger partial charge in [0.25, 0.3) is 0 Å². The summed E-state index contributed by atoms with van der Waals surface area (Å²) in [5.74, 6) is 2.57. The van der Waals surface area contributed by atoms with Crippen LogP contribution in [0.25, 0.3) is 0 Å². The molecule has 142 valence electrons. The summed E-state index contributed by atoms with van der Waals surface area (Å²) in [4.78, 5) is 22.7. The number of carbonyl (C=O) groups is 1. The maximum Gasteiger partial charge on any atom is 0.350 e. The van der Waals surface area contributed by atoms with Gasteiger partial charge in [-0.3, -0.25) is 19.6 Å². The Balaban J connectivity index is 1.29. The van der Waals surface area contributed by atoms with E-state index in [4.69, 9.17) is 4.74 Å². The number of aromatic nitrogens is 2. The first-order valence-corrected chi connectivity index (χ1v) is 9.49. The second kappa shape index (κ2) is 6.55. The molecule has 8 nitrogen and oxygen atoms in total. The minimum Gasteiger partial charge on any atom is -0.475 e. The predicted molar refractivity (Wildman–Crippen MR) is 93.7 cm³/mol. The van der Waals surface area contributed by atoms with E-state index in [0.717, 1.165) is 24.3 Å². The zero-order valence-corrected chi connectivity index (χ0v) is 15.1. The van der Waals surface area contributed by atoms with Crippen molar-refractivity contribution in [3.8, 4) is 5.88 Å². The normalized spacial score (nSPS) is 31.8. The third-order valence-corrected chi connectivity index (χ3v) is 6.49. The first-order valence-electron chi connectivity index (χ1n) is 9.49. The summed E-state index contributed by atoms with van der Waals surface area (Å²) >= 11 is 0. The van der Waals surface area contributed by atoms with Crippen LogP contribution in [0, 0.1) is 33.3 Å². The number of ether oxygens (including phenoxy) is 1. The van der Waals surface area contributed by atoms with Crippen LogP contribution < -0.4 is 10.1 Å². The number of nitrogens with one attached hydrogen (secondary N) is 1. The SMILES string of the molecule is COc1nn(CCC(=O)NCC23CC4CC(CC(C4)C2)C3)cc1[N+](=O)[O-]. The largest absolute Gasteiger partial charge is 0.475 e. The number of methoxy groups -OCH3 is 1. The zero-order chi connectivity index (χ0) is 18.3. The molecular weight excluding hydrogens is 336 g/mol. The van der Waals surface area contributed by atoms with Crippen LogP contribution in [0.3, 0.4) is 0 Å². The van der Waals surface area contributed by atoms with E-state index in [0.29, 0.717) is 12.0 Å². The van der Waals surface area contributed by atoms with Gasteiger partial charge in [-0.2, -0.15) is 0 Å². The number of aryl methyl sites for hydroxylation is 1. The molecule has 5 rings (SSSR count). The number of hydrogen-bond acceptors (Lipinski definition) is 5. The second-order valence-electron chi connectivity index (χ2n) is 8.49. The lowest BCUT2D eigenvalue weighted by atomic mass is 9.49. The molecule has 4 fully saturated rings. The average Bonchev–Trinajstić information content (AvgIpc) is 3.01. The lowest BCUT2D eigenvalue weighted by molar-refractivity contribution is -0.385. The Kier molecular flexibility index (Phi) is 4.36. The highest BCUT2D eigenvalue weighted by Crippen LogP contribution is 2.59. The Morgan fingerprint density at radius 2 is 1.96 bits per heavy atom. The quantitative estimate of drug-likeness (QED) is 0.593. The van der Waals surface area contributed by atoms with E-state index < -0.39 is 4.92 Å². The van der Waals surface area contributed by atoms with Gasteiger partial charge in [0.2, 0.25) is 5.91 Å². The van der Waals surface area contributed by atoms with Gasteiger partial charge >= 0.3 is 11.6 Å². The summed E-state index contributed by atoms with van der Waals surface area (Å²) in [6.07, 6.45) is 9.55. The van der Waals surface area contributed by atoms with Crippen LogP contribution in [-0.4, -0.2) is 34.3 Å². The van der Waals surface area contributed by atoms with Gasteiger partial charge < -0.3 is 10.1 Å². The third kappa shape index (κ3) is 3.29. The minimum absolute atomic E-state index is 0.0159. The summed E-state index contributed by atoms with van der Waals surface area (Å²) in [6.45, 7) is 1.08. The van der Waals surface area contributed by atoms with Crippen molar-refractivity contribution < 1.29 is 14.5 Å². The van der Waals surface area contributed by atoms with Crippen molar-refractivity contribution in [3.63, 3.8) is 0 Å². The highest BCUT2D eigenvalue weighted by Gasteiger charge is 2.50. The van der Waals surface area contributed by atoms with E-state index in [1.165, 1.54) is 56.5 Å². The van der Waals surface area contributed by atoms with Gasteiger partial charge in [0.1, 0.15) is 6.20 Å². The van der Waals surface area contributed by atoms with E-state index in [1.807, 2.05) is 0 Å². The van der Waals surface area contributed by atoms with E-state index in [9.17, 15) is 14.9 Å². The highest BCUT2D eigenvalue weighted by molar-refractivity contribution is 5.75. The first kappa shape index (κ1) is 17.3. The molecule has 0 unspecified atom stereocenters. The number of carbonyl (C=O) groups excluding carboxylic acids is 1. The number of hydrogen-bond donors (Lipinski definition) is 1. The van der Waals surface area contributed by atoms with Crippen LogP contribution >= 0.6 is 0 Å². The first-order chi connectivity index (χ1) is 12.5. The molecule has 0 aromatic carbocycles. The Morgan fingerprint density at radius 3 is 2.46 bits per heavy atom. The van der Waals surface area contributed by atoms with Crippen molar-refractivity contribution in [2.24, 2.45) is 23.2 Å². The monoisotopic (exact) mass is 362 g/mol. The van der Waals surface area contributed by atoms with Crippen LogP contribution in [0.15, 0.2) is 6.20 Å². The summed E-state index contributed by atoms with van der Waals surface area (Å²) in [7, 11) is 1.35. The van der Waals surface area contributed by atoms with Crippen molar-refractivity contribution in [2.45, 2.75) is 51.5 Å². The van der Waals surface area contributed by atoms with Gasteiger partial charge in [-0.1, -0.05) is 0 Å². The smallest absolute Gasteiger partial charge is 0.350 e. The zero-order valence-electron chi connectivity index (χ0n) is 15.1. The van der Waals surface area contributed by atoms with E-state index in [2.05, 4.69) is 10.4 Å². The summed E-state index contributed by atoms with van der Waals surface area (Å²) < 4.78 is 6.31. The fourth-order valence-corrected chi connectivity index (χ4v) is 5.88. The Labute approximate surface area is 152 Å². The van der Waals surface area contributed by atoms with Gasteiger partial charge in [0.15, 0.2) is 0 Å². The van der Waals surface area contributed by atoms with E-state index in [-0.39, 0.29) is 23.9 Å². The Hall–Kier alpha value is -2.12. The summed E-state index contributed by atoms with van der Waals surface area (Å²) in [6, 6.07) is 0. The van der Waals surface area contributed by atoms with Crippen molar-refractivity contribution in [1.82, 2.24) is 15.1 Å². The standard InChI is InChI=1S/C18H26N4O4/c1-26-17-15(22(24)25)10-21(20-17)3-2-16(23)19-11-18-7-12-4-13(8-18)6-14(5-12)9-18/h10,12-14H,2-9,11H2,1H3,(H,19,23). The van der Waals surface area contributed by atoms with Crippen molar-refractivity contribution in [1.29, 1.82) is 0 Å². The van der Waals surface area contributed by atoms with Gasteiger partial charge in [-0.15, -0.1) is 5.10 Å². The number of amides is 1. The topological polar surface area (TPSA) is 99.3 Å². The molecule has 0 radical (unpaired) electrons. The molecule has 4 bridgehead atoms. The van der Waals surface area contributed by atoms with Crippen molar-refractivity contribution in [2.75, 3.05) is 13.7 Å². The maximum atomic E-state index is 12.3. The summed E-state index contributed by atoms with van der Waals surface area (Å²) in [5, 5.41) is 18.1. The average molecular weight is 362 g/mol. The Bertz CT molecular complexity index is 679. The molecule has 26 heavy (non-hydrogen) atoms. The highest BCUT2D eigenvalue weighted by atomic mass is 16.6. The minimum atomic E-state index is -0.532. The molecule has 1 N–H and O–H groups in total. The molecule has 4 aliphatic carbocycles. The fourth-order valence-electron chi connectivity index (χ4n) is 5.88. The van der Waals surface area contributed by atoms with Crippen LogP contribution in [0.5, 0.6) is 5.88 Å².